The molecule has 0 aliphatic heterocycles. The van der Waals surface area contributed by atoms with Crippen molar-refractivity contribution in [3.8, 4) is 5.75 Å². The van der Waals surface area contributed by atoms with Gasteiger partial charge in [0.05, 0.1) is 13.5 Å². The maximum atomic E-state index is 10.9. The molecule has 0 radical (unpaired) electrons. The maximum Gasteiger partial charge on any atom is 0.341 e. The molecule has 1 rings (SSSR count). The molecule has 6 nitrogen and oxygen atoms in total. The van der Waals surface area contributed by atoms with Crippen LogP contribution < -0.4 is 5.73 Å². The molecule has 4 N–H and O–H groups in total. The van der Waals surface area contributed by atoms with Crippen molar-refractivity contribution in [2.45, 2.75) is 26.2 Å². The van der Waals surface area contributed by atoms with Gasteiger partial charge in [-0.05, 0) is 24.6 Å². The van der Waals surface area contributed by atoms with Crippen LogP contribution in [0, 0.1) is 0 Å². The zero-order valence-corrected chi connectivity index (χ0v) is 12.2. The molecular formula is C15H21NO5. The Morgan fingerprint density at radius 3 is 2.52 bits per heavy atom. The number of carbonyl (C=O) groups excluding carboxylic acids is 1. The third-order valence-corrected chi connectivity index (χ3v) is 2.34. The number of rotatable bonds is 5. The molecule has 0 saturated carbocycles. The quantitative estimate of drug-likeness (QED) is 0.333. The summed E-state index contributed by atoms with van der Waals surface area (Å²) in [6, 6.07) is 4.21. The highest BCUT2D eigenvalue weighted by Gasteiger charge is 2.10. The molecule has 0 aliphatic rings. The van der Waals surface area contributed by atoms with E-state index >= 15 is 0 Å². The number of aliphatic carboxylic acids is 1. The van der Waals surface area contributed by atoms with Crippen molar-refractivity contribution in [3.63, 3.8) is 0 Å². The van der Waals surface area contributed by atoms with E-state index in [2.05, 4.69) is 11.7 Å². The van der Waals surface area contributed by atoms with Crippen LogP contribution in [-0.2, 0) is 9.53 Å². The Balaban J connectivity index is 0.000000400. The van der Waals surface area contributed by atoms with Gasteiger partial charge in [0.15, 0.2) is 0 Å². The third kappa shape index (κ3) is 8.30. The first-order valence-electron chi connectivity index (χ1n) is 6.46. The van der Waals surface area contributed by atoms with E-state index in [0.717, 1.165) is 12.8 Å². The van der Waals surface area contributed by atoms with E-state index in [1.807, 2.05) is 6.08 Å². The molecule has 0 amide bonds. The van der Waals surface area contributed by atoms with E-state index in [1.54, 1.807) is 6.08 Å². The number of phenols is 1. The molecule has 0 bridgehead atoms. The van der Waals surface area contributed by atoms with Gasteiger partial charge in [0.2, 0.25) is 0 Å². The largest absolute Gasteiger partial charge is 0.507 e. The number of phenolic OH excluding ortho intramolecular Hbond substituents is 1. The lowest BCUT2D eigenvalue weighted by Gasteiger charge is -2.02. The van der Waals surface area contributed by atoms with Crippen LogP contribution in [0.1, 0.15) is 36.5 Å². The van der Waals surface area contributed by atoms with Gasteiger partial charge in [-0.15, -0.1) is 0 Å². The number of allylic oxidation sites excluding steroid dienone is 1. The zero-order valence-electron chi connectivity index (χ0n) is 12.2. The predicted octanol–water partition coefficient (Wildman–Crippen LogP) is 2.58. The van der Waals surface area contributed by atoms with Crippen molar-refractivity contribution in [3.05, 3.63) is 35.9 Å². The summed E-state index contributed by atoms with van der Waals surface area (Å²) >= 11 is 0. The molecule has 0 heterocycles. The minimum absolute atomic E-state index is 0.0810. The van der Waals surface area contributed by atoms with Crippen LogP contribution in [0.25, 0.3) is 0 Å². The predicted molar refractivity (Wildman–Crippen MR) is 80.2 cm³/mol. The number of nitrogens with two attached hydrogens (primary N) is 1. The number of aromatic hydroxyl groups is 1. The van der Waals surface area contributed by atoms with E-state index in [-0.39, 0.29) is 17.7 Å². The van der Waals surface area contributed by atoms with Crippen LogP contribution in [0.4, 0.5) is 5.69 Å². The molecule has 0 saturated heterocycles. The highest BCUT2D eigenvalue weighted by molar-refractivity contribution is 5.93. The van der Waals surface area contributed by atoms with Crippen molar-refractivity contribution in [1.29, 1.82) is 0 Å². The number of ether oxygens (including phenoxy) is 1. The summed E-state index contributed by atoms with van der Waals surface area (Å²) in [5.74, 6) is -1.49. The molecule has 0 aliphatic carbocycles. The van der Waals surface area contributed by atoms with Gasteiger partial charge >= 0.3 is 11.9 Å². The van der Waals surface area contributed by atoms with Gasteiger partial charge in [0, 0.05) is 5.69 Å². The maximum absolute atomic E-state index is 10.9. The number of hydrogen-bond donors (Lipinski definition) is 3. The lowest BCUT2D eigenvalue weighted by molar-refractivity contribution is -0.136. The lowest BCUT2D eigenvalue weighted by Crippen LogP contribution is -2.02. The molecule has 0 spiro atoms. The summed E-state index contributed by atoms with van der Waals surface area (Å²) in [7, 11) is 1.24. The highest BCUT2D eigenvalue weighted by Crippen LogP contribution is 2.19. The smallest absolute Gasteiger partial charge is 0.341 e. The first-order chi connectivity index (χ1) is 9.92. The normalized spacial score (nSPS) is 9.81. The van der Waals surface area contributed by atoms with Crippen LogP contribution >= 0.6 is 0 Å². The minimum Gasteiger partial charge on any atom is -0.507 e. The van der Waals surface area contributed by atoms with Crippen LogP contribution in [0.2, 0.25) is 0 Å². The van der Waals surface area contributed by atoms with E-state index in [0.29, 0.717) is 5.69 Å². The van der Waals surface area contributed by atoms with Crippen LogP contribution in [0.3, 0.4) is 0 Å². The SMILES string of the molecule is CCC/C=C\CC(=O)O.COC(=O)c1cc(N)ccc1O. The molecule has 0 atom stereocenters. The number of carboxylic acid groups (broad SMARTS) is 1. The Morgan fingerprint density at radius 1 is 1.33 bits per heavy atom. The number of carbonyl (C=O) groups is 2. The molecule has 21 heavy (non-hydrogen) atoms. The fraction of sp³-hybridized carbons (Fsp3) is 0.333. The van der Waals surface area contributed by atoms with Crippen molar-refractivity contribution < 1.29 is 24.5 Å². The Bertz CT molecular complexity index is 497. The Kier molecular flexibility index (Phi) is 9.08. The van der Waals surface area contributed by atoms with Gasteiger partial charge < -0.3 is 20.7 Å². The third-order valence-electron chi connectivity index (χ3n) is 2.34. The highest BCUT2D eigenvalue weighted by atomic mass is 16.5. The van der Waals surface area contributed by atoms with Gasteiger partial charge in [0.25, 0.3) is 0 Å². The lowest BCUT2D eigenvalue weighted by atomic mass is 10.2. The van der Waals surface area contributed by atoms with Gasteiger partial charge in [0.1, 0.15) is 11.3 Å². The van der Waals surface area contributed by atoms with Gasteiger partial charge in [-0.1, -0.05) is 25.5 Å². The molecule has 6 heteroatoms. The second-order valence-corrected chi connectivity index (χ2v) is 4.13. The standard InChI is InChI=1S/C8H9NO3.C7H12O2/c1-12-8(11)6-4-5(9)2-3-7(6)10;1-2-3-4-5-6-7(8)9/h2-4,10H,9H2,1H3;4-5H,2-3,6H2,1H3,(H,8,9)/b;5-4-. The Labute approximate surface area is 123 Å². The number of benzene rings is 1. The second-order valence-electron chi connectivity index (χ2n) is 4.13. The summed E-state index contributed by atoms with van der Waals surface area (Å²) in [6.07, 6.45) is 5.79. The van der Waals surface area contributed by atoms with Crippen molar-refractivity contribution in [1.82, 2.24) is 0 Å². The summed E-state index contributed by atoms with van der Waals surface area (Å²) in [6.45, 7) is 2.06. The average Bonchev–Trinajstić information content (AvgIpc) is 2.46. The van der Waals surface area contributed by atoms with Gasteiger partial charge in [-0.3, -0.25) is 4.79 Å². The first-order valence-corrected chi connectivity index (χ1v) is 6.46. The van der Waals surface area contributed by atoms with Crippen molar-refractivity contribution in [2.24, 2.45) is 0 Å². The summed E-state index contributed by atoms with van der Waals surface area (Å²) in [5.41, 5.74) is 5.89. The number of hydrogen-bond acceptors (Lipinski definition) is 5. The zero-order chi connectivity index (χ0) is 16.3. The summed E-state index contributed by atoms with van der Waals surface area (Å²) in [4.78, 5) is 20.9. The molecule has 0 fully saturated rings. The molecule has 1 aromatic carbocycles. The molecule has 0 unspecified atom stereocenters. The minimum atomic E-state index is -0.762. The molecule has 0 aromatic heterocycles. The number of nitrogen functional groups attached to an aromatic ring is 1. The fourth-order valence-corrected chi connectivity index (χ4v) is 1.30. The number of carboxylic acids is 1. The number of methoxy groups -OCH3 is 1. The number of anilines is 1. The Hall–Kier alpha value is -2.50. The van der Waals surface area contributed by atoms with E-state index in [4.69, 9.17) is 10.8 Å². The molecular weight excluding hydrogens is 274 g/mol. The van der Waals surface area contributed by atoms with Crippen LogP contribution in [0.5, 0.6) is 5.75 Å². The monoisotopic (exact) mass is 295 g/mol. The molecule has 1 aromatic rings. The van der Waals surface area contributed by atoms with Crippen molar-refractivity contribution >= 4 is 17.6 Å². The number of esters is 1. The molecule has 116 valence electrons. The van der Waals surface area contributed by atoms with Crippen molar-refractivity contribution in [2.75, 3.05) is 12.8 Å². The van der Waals surface area contributed by atoms with E-state index in [1.165, 1.54) is 25.3 Å². The second kappa shape index (κ2) is 10.3. The van der Waals surface area contributed by atoms with Crippen LogP contribution in [-0.4, -0.2) is 29.3 Å². The first kappa shape index (κ1) is 18.5. The van der Waals surface area contributed by atoms with E-state index in [9.17, 15) is 14.7 Å². The average molecular weight is 295 g/mol. The van der Waals surface area contributed by atoms with E-state index < -0.39 is 11.9 Å². The topological polar surface area (TPSA) is 110 Å². The van der Waals surface area contributed by atoms with Crippen LogP contribution in [0.15, 0.2) is 30.4 Å². The van der Waals surface area contributed by atoms with Gasteiger partial charge in [-0.25, -0.2) is 4.79 Å². The summed E-state index contributed by atoms with van der Waals surface area (Å²) in [5, 5.41) is 17.3. The number of unbranched alkanes of at least 4 members (excludes halogenated alkanes) is 1. The summed E-state index contributed by atoms with van der Waals surface area (Å²) < 4.78 is 4.42. The van der Waals surface area contributed by atoms with Gasteiger partial charge in [-0.2, -0.15) is 0 Å². The fourth-order valence-electron chi connectivity index (χ4n) is 1.30. The Morgan fingerprint density at radius 2 is 2.00 bits per heavy atom.